The standard InChI is InChI=1S/C16H21NO/c1-12-4-6-13(7-5-12)10-14-8-9-15(16(14)18)11-17(2)3/h4-7,10,15H,8-9,11H2,1-3H3/b14-10+. The average Bonchev–Trinajstić information content (AvgIpc) is 2.64. The van der Waals surface area contributed by atoms with Crippen molar-refractivity contribution in [1.29, 1.82) is 0 Å². The summed E-state index contributed by atoms with van der Waals surface area (Å²) in [4.78, 5) is 14.3. The first-order valence-corrected chi connectivity index (χ1v) is 6.52. The largest absolute Gasteiger partial charge is 0.309 e. The SMILES string of the molecule is Cc1ccc(/C=C2\CCC(CN(C)C)C2=O)cc1. The molecule has 1 saturated carbocycles. The lowest BCUT2D eigenvalue weighted by Crippen LogP contribution is -2.24. The molecule has 0 saturated heterocycles. The van der Waals surface area contributed by atoms with Crippen molar-refractivity contribution in [2.24, 2.45) is 5.92 Å². The molecule has 1 aromatic carbocycles. The molecule has 1 aliphatic carbocycles. The number of benzene rings is 1. The van der Waals surface area contributed by atoms with Crippen LogP contribution >= 0.6 is 0 Å². The van der Waals surface area contributed by atoms with Crippen LogP contribution in [-0.2, 0) is 4.79 Å². The van der Waals surface area contributed by atoms with Gasteiger partial charge in [-0.25, -0.2) is 0 Å². The Morgan fingerprint density at radius 3 is 2.56 bits per heavy atom. The molecule has 0 heterocycles. The number of allylic oxidation sites excluding steroid dienone is 1. The van der Waals surface area contributed by atoms with Gasteiger partial charge >= 0.3 is 0 Å². The highest BCUT2D eigenvalue weighted by atomic mass is 16.1. The number of carbonyl (C=O) groups is 1. The molecule has 96 valence electrons. The Kier molecular flexibility index (Phi) is 3.97. The number of nitrogens with zero attached hydrogens (tertiary/aromatic N) is 1. The second-order valence-electron chi connectivity index (χ2n) is 5.44. The van der Waals surface area contributed by atoms with E-state index >= 15 is 0 Å². The molecule has 0 spiro atoms. The van der Waals surface area contributed by atoms with Crippen molar-refractivity contribution in [2.45, 2.75) is 19.8 Å². The third kappa shape index (κ3) is 3.08. The molecule has 1 unspecified atom stereocenters. The van der Waals surface area contributed by atoms with Gasteiger partial charge in [-0.1, -0.05) is 29.8 Å². The molecule has 0 bridgehead atoms. The van der Waals surface area contributed by atoms with E-state index in [0.29, 0.717) is 5.78 Å². The van der Waals surface area contributed by atoms with Crippen LogP contribution in [0.25, 0.3) is 6.08 Å². The molecular weight excluding hydrogens is 222 g/mol. The Morgan fingerprint density at radius 1 is 1.28 bits per heavy atom. The lowest BCUT2D eigenvalue weighted by Gasteiger charge is -2.13. The van der Waals surface area contributed by atoms with E-state index < -0.39 is 0 Å². The van der Waals surface area contributed by atoms with Gasteiger partial charge in [0.1, 0.15) is 0 Å². The van der Waals surface area contributed by atoms with Gasteiger partial charge in [-0.3, -0.25) is 4.79 Å². The molecule has 1 aromatic rings. The number of hydrogen-bond donors (Lipinski definition) is 0. The van der Waals surface area contributed by atoms with Crippen molar-refractivity contribution in [3.05, 3.63) is 41.0 Å². The van der Waals surface area contributed by atoms with Crippen LogP contribution in [0, 0.1) is 12.8 Å². The van der Waals surface area contributed by atoms with Gasteiger partial charge in [0.05, 0.1) is 0 Å². The molecule has 2 rings (SSSR count). The van der Waals surface area contributed by atoms with Gasteiger partial charge in [0, 0.05) is 12.5 Å². The average molecular weight is 243 g/mol. The topological polar surface area (TPSA) is 20.3 Å². The molecule has 0 amide bonds. The van der Waals surface area contributed by atoms with Crippen molar-refractivity contribution in [3.8, 4) is 0 Å². The van der Waals surface area contributed by atoms with E-state index in [-0.39, 0.29) is 5.92 Å². The van der Waals surface area contributed by atoms with Crippen LogP contribution < -0.4 is 0 Å². The van der Waals surface area contributed by atoms with Crippen LogP contribution in [0.5, 0.6) is 0 Å². The first-order chi connectivity index (χ1) is 8.56. The van der Waals surface area contributed by atoms with Crippen molar-refractivity contribution in [1.82, 2.24) is 4.90 Å². The summed E-state index contributed by atoms with van der Waals surface area (Å²) >= 11 is 0. The van der Waals surface area contributed by atoms with Crippen LogP contribution in [0.2, 0.25) is 0 Å². The molecule has 1 atom stereocenters. The second-order valence-corrected chi connectivity index (χ2v) is 5.44. The zero-order valence-corrected chi connectivity index (χ0v) is 11.4. The Labute approximate surface area is 109 Å². The zero-order chi connectivity index (χ0) is 13.1. The number of Topliss-reactive ketones (excluding diaryl/α,β-unsaturated/α-hetero) is 1. The van der Waals surface area contributed by atoms with Gasteiger partial charge in [0.2, 0.25) is 0 Å². The highest BCUT2D eigenvalue weighted by molar-refractivity contribution is 6.03. The Balaban J connectivity index is 2.11. The molecule has 2 nitrogen and oxygen atoms in total. The fraction of sp³-hybridized carbons (Fsp3) is 0.438. The number of aryl methyl sites for hydroxylation is 1. The maximum absolute atomic E-state index is 12.2. The smallest absolute Gasteiger partial charge is 0.163 e. The highest BCUT2D eigenvalue weighted by Crippen LogP contribution is 2.28. The summed E-state index contributed by atoms with van der Waals surface area (Å²) in [7, 11) is 4.05. The monoisotopic (exact) mass is 243 g/mol. The van der Waals surface area contributed by atoms with Gasteiger partial charge < -0.3 is 4.90 Å². The quantitative estimate of drug-likeness (QED) is 0.761. The van der Waals surface area contributed by atoms with Gasteiger partial charge in [-0.15, -0.1) is 0 Å². The maximum Gasteiger partial charge on any atom is 0.163 e. The van der Waals surface area contributed by atoms with Crippen molar-refractivity contribution >= 4 is 11.9 Å². The van der Waals surface area contributed by atoms with E-state index in [4.69, 9.17) is 0 Å². The van der Waals surface area contributed by atoms with Gasteiger partial charge in [0.15, 0.2) is 5.78 Å². The zero-order valence-electron chi connectivity index (χ0n) is 11.4. The number of hydrogen-bond acceptors (Lipinski definition) is 2. The van der Waals surface area contributed by atoms with Crippen molar-refractivity contribution in [3.63, 3.8) is 0 Å². The molecule has 1 fully saturated rings. The van der Waals surface area contributed by atoms with E-state index in [1.165, 1.54) is 5.56 Å². The van der Waals surface area contributed by atoms with Crippen molar-refractivity contribution < 1.29 is 4.79 Å². The molecule has 18 heavy (non-hydrogen) atoms. The van der Waals surface area contributed by atoms with E-state index in [2.05, 4.69) is 42.2 Å². The predicted octanol–water partition coefficient (Wildman–Crippen LogP) is 2.92. The summed E-state index contributed by atoms with van der Waals surface area (Å²) in [6, 6.07) is 8.33. The van der Waals surface area contributed by atoms with E-state index in [0.717, 1.165) is 30.5 Å². The fourth-order valence-corrected chi connectivity index (χ4v) is 2.47. The maximum atomic E-state index is 12.2. The van der Waals surface area contributed by atoms with Gasteiger partial charge in [-0.05, 0) is 51.1 Å². The van der Waals surface area contributed by atoms with Crippen LogP contribution in [0.1, 0.15) is 24.0 Å². The highest BCUT2D eigenvalue weighted by Gasteiger charge is 2.29. The normalized spacial score (nSPS) is 22.1. The van der Waals surface area contributed by atoms with Crippen LogP contribution in [0.4, 0.5) is 0 Å². The van der Waals surface area contributed by atoms with Crippen LogP contribution in [0.15, 0.2) is 29.8 Å². The first kappa shape index (κ1) is 13.0. The summed E-state index contributed by atoms with van der Waals surface area (Å²) < 4.78 is 0. The molecule has 0 aliphatic heterocycles. The third-order valence-corrected chi connectivity index (χ3v) is 3.45. The van der Waals surface area contributed by atoms with E-state index in [9.17, 15) is 4.79 Å². The third-order valence-electron chi connectivity index (χ3n) is 3.45. The summed E-state index contributed by atoms with van der Waals surface area (Å²) in [5.74, 6) is 0.529. The summed E-state index contributed by atoms with van der Waals surface area (Å²) in [5.41, 5.74) is 3.38. The Morgan fingerprint density at radius 2 is 1.94 bits per heavy atom. The number of ketones is 1. The minimum atomic E-state index is 0.191. The minimum absolute atomic E-state index is 0.191. The summed E-state index contributed by atoms with van der Waals surface area (Å²) in [6.07, 6.45) is 3.97. The molecule has 0 N–H and O–H groups in total. The van der Waals surface area contributed by atoms with E-state index in [1.54, 1.807) is 0 Å². The predicted molar refractivity (Wildman–Crippen MR) is 75.4 cm³/mol. The van der Waals surface area contributed by atoms with Gasteiger partial charge in [-0.2, -0.15) is 0 Å². The van der Waals surface area contributed by atoms with Crippen LogP contribution in [-0.4, -0.2) is 31.3 Å². The second kappa shape index (κ2) is 5.49. The first-order valence-electron chi connectivity index (χ1n) is 6.52. The molecule has 1 aliphatic rings. The van der Waals surface area contributed by atoms with E-state index in [1.807, 2.05) is 14.1 Å². The summed E-state index contributed by atoms with van der Waals surface area (Å²) in [5, 5.41) is 0. The van der Waals surface area contributed by atoms with Crippen LogP contribution in [0.3, 0.4) is 0 Å². The molecule has 0 aromatic heterocycles. The molecule has 2 heteroatoms. The molecule has 0 radical (unpaired) electrons. The van der Waals surface area contributed by atoms with Gasteiger partial charge in [0.25, 0.3) is 0 Å². The van der Waals surface area contributed by atoms with Crippen molar-refractivity contribution in [2.75, 3.05) is 20.6 Å². The Bertz CT molecular complexity index is 456. The fourth-order valence-electron chi connectivity index (χ4n) is 2.47. The number of carbonyl (C=O) groups excluding carboxylic acids is 1. The number of rotatable bonds is 3. The minimum Gasteiger partial charge on any atom is -0.309 e. The Hall–Kier alpha value is -1.41. The summed E-state index contributed by atoms with van der Waals surface area (Å²) in [6.45, 7) is 2.94. The molecular formula is C16H21NO. The lowest BCUT2D eigenvalue weighted by molar-refractivity contribution is -0.118. The lowest BCUT2D eigenvalue weighted by atomic mass is 10.0.